The lowest BCUT2D eigenvalue weighted by Gasteiger charge is -2.36. The first kappa shape index (κ1) is 19.4. The Bertz CT molecular complexity index is 967. The average molecular weight is 415 g/mol. The molecule has 1 saturated heterocycles. The number of carbonyl (C=O) groups excluding carboxylic acids is 1. The summed E-state index contributed by atoms with van der Waals surface area (Å²) in [4.78, 5) is 20.9. The number of rotatable bonds is 5. The van der Waals surface area contributed by atoms with Gasteiger partial charge in [0.2, 0.25) is 17.6 Å². The SMILES string of the molecule is O=C(CCc1nc(-c2ccc(Cl)cc2)no1)N1CCN(c2ccc(F)cc2)CC1. The van der Waals surface area contributed by atoms with E-state index in [-0.39, 0.29) is 11.7 Å². The monoisotopic (exact) mass is 414 g/mol. The summed E-state index contributed by atoms with van der Waals surface area (Å²) in [7, 11) is 0. The summed E-state index contributed by atoms with van der Waals surface area (Å²) in [6, 6.07) is 13.6. The van der Waals surface area contributed by atoms with E-state index in [1.807, 2.05) is 17.0 Å². The van der Waals surface area contributed by atoms with Crippen molar-refractivity contribution in [1.82, 2.24) is 15.0 Å². The molecule has 0 aliphatic carbocycles. The van der Waals surface area contributed by atoms with E-state index in [0.29, 0.717) is 42.7 Å². The zero-order valence-electron chi connectivity index (χ0n) is 15.7. The number of aryl methyl sites for hydroxylation is 1. The van der Waals surface area contributed by atoms with Crippen LogP contribution in [0, 0.1) is 5.82 Å². The lowest BCUT2D eigenvalue weighted by molar-refractivity contribution is -0.131. The maximum absolute atomic E-state index is 13.1. The predicted octanol–water partition coefficient (Wildman–Crippen LogP) is 3.81. The van der Waals surface area contributed by atoms with E-state index in [2.05, 4.69) is 15.0 Å². The van der Waals surface area contributed by atoms with Crippen LogP contribution in [-0.2, 0) is 11.2 Å². The van der Waals surface area contributed by atoms with E-state index in [1.165, 1.54) is 12.1 Å². The minimum absolute atomic E-state index is 0.0648. The number of amides is 1. The number of hydrogen-bond acceptors (Lipinski definition) is 5. The highest BCUT2D eigenvalue weighted by Gasteiger charge is 2.22. The summed E-state index contributed by atoms with van der Waals surface area (Å²) >= 11 is 5.89. The Morgan fingerprint density at radius 3 is 2.41 bits per heavy atom. The van der Waals surface area contributed by atoms with Gasteiger partial charge in [-0.25, -0.2) is 4.39 Å². The van der Waals surface area contributed by atoms with E-state index < -0.39 is 0 Å². The number of benzene rings is 2. The molecule has 0 N–H and O–H groups in total. The van der Waals surface area contributed by atoms with Crippen LogP contribution in [0.5, 0.6) is 0 Å². The third kappa shape index (κ3) is 4.74. The molecule has 1 aliphatic rings. The highest BCUT2D eigenvalue weighted by atomic mass is 35.5. The third-order valence-corrected chi connectivity index (χ3v) is 5.20. The molecule has 6 nitrogen and oxygen atoms in total. The number of aromatic nitrogens is 2. The first-order valence-electron chi connectivity index (χ1n) is 9.45. The molecule has 0 spiro atoms. The fraction of sp³-hybridized carbons (Fsp3) is 0.286. The topological polar surface area (TPSA) is 62.5 Å². The van der Waals surface area contributed by atoms with Crippen LogP contribution in [0.2, 0.25) is 5.02 Å². The molecule has 1 aromatic heterocycles. The summed E-state index contributed by atoms with van der Waals surface area (Å²) in [5.74, 6) is 0.739. The minimum atomic E-state index is -0.247. The molecule has 1 aliphatic heterocycles. The second-order valence-electron chi connectivity index (χ2n) is 6.86. The normalized spacial score (nSPS) is 14.3. The van der Waals surface area contributed by atoms with E-state index in [4.69, 9.17) is 16.1 Å². The summed E-state index contributed by atoms with van der Waals surface area (Å²) in [5, 5.41) is 4.61. The van der Waals surface area contributed by atoms with Crippen molar-refractivity contribution in [2.75, 3.05) is 31.1 Å². The average Bonchev–Trinajstić information content (AvgIpc) is 3.22. The molecule has 2 aromatic carbocycles. The van der Waals surface area contributed by atoms with Crippen molar-refractivity contribution in [1.29, 1.82) is 0 Å². The Morgan fingerprint density at radius 1 is 1.03 bits per heavy atom. The van der Waals surface area contributed by atoms with Gasteiger partial charge in [-0.3, -0.25) is 4.79 Å². The Labute approximate surface area is 172 Å². The lowest BCUT2D eigenvalue weighted by atomic mass is 10.2. The van der Waals surface area contributed by atoms with Crippen LogP contribution in [0.25, 0.3) is 11.4 Å². The molecule has 0 atom stereocenters. The van der Waals surface area contributed by atoms with Gasteiger partial charge in [-0.2, -0.15) is 4.98 Å². The quantitative estimate of drug-likeness (QED) is 0.635. The summed E-state index contributed by atoms with van der Waals surface area (Å²) in [5.41, 5.74) is 1.78. The predicted molar refractivity (Wildman–Crippen MR) is 108 cm³/mol. The molecule has 0 bridgehead atoms. The summed E-state index contributed by atoms with van der Waals surface area (Å²) in [6.07, 6.45) is 0.719. The number of nitrogens with zero attached hydrogens (tertiary/aromatic N) is 4. The van der Waals surface area contributed by atoms with Crippen LogP contribution in [0.4, 0.5) is 10.1 Å². The standard InChI is InChI=1S/C21H20ClFN4O2/c22-16-3-1-15(2-4-16)21-24-19(29-25-21)9-10-20(28)27-13-11-26(12-14-27)18-7-5-17(23)6-8-18/h1-8H,9-14H2. The highest BCUT2D eigenvalue weighted by molar-refractivity contribution is 6.30. The van der Waals surface area contributed by atoms with Crippen molar-refractivity contribution in [2.24, 2.45) is 0 Å². The van der Waals surface area contributed by atoms with Gasteiger partial charge < -0.3 is 14.3 Å². The Hall–Kier alpha value is -2.93. The second kappa shape index (κ2) is 8.61. The molecule has 3 aromatic rings. The molecule has 0 saturated carbocycles. The summed E-state index contributed by atoms with van der Waals surface area (Å²) in [6.45, 7) is 2.71. The first-order valence-corrected chi connectivity index (χ1v) is 9.83. The van der Waals surface area contributed by atoms with Gasteiger partial charge in [-0.05, 0) is 48.5 Å². The van der Waals surface area contributed by atoms with Crippen molar-refractivity contribution >= 4 is 23.2 Å². The Morgan fingerprint density at radius 2 is 1.72 bits per heavy atom. The van der Waals surface area contributed by atoms with E-state index in [1.54, 1.807) is 24.3 Å². The van der Waals surface area contributed by atoms with E-state index in [9.17, 15) is 9.18 Å². The van der Waals surface area contributed by atoms with Crippen LogP contribution in [0.3, 0.4) is 0 Å². The first-order chi connectivity index (χ1) is 14.1. The van der Waals surface area contributed by atoms with Crippen molar-refractivity contribution in [3.63, 3.8) is 0 Å². The van der Waals surface area contributed by atoms with Gasteiger partial charge in [-0.1, -0.05) is 16.8 Å². The maximum atomic E-state index is 13.1. The maximum Gasteiger partial charge on any atom is 0.227 e. The van der Waals surface area contributed by atoms with Gasteiger partial charge >= 0.3 is 0 Å². The number of piperazine rings is 1. The smallest absolute Gasteiger partial charge is 0.227 e. The molecule has 4 rings (SSSR count). The number of halogens is 2. The third-order valence-electron chi connectivity index (χ3n) is 4.95. The van der Waals surface area contributed by atoms with Crippen LogP contribution in [-0.4, -0.2) is 47.1 Å². The largest absolute Gasteiger partial charge is 0.368 e. The van der Waals surface area contributed by atoms with Crippen molar-refractivity contribution in [3.8, 4) is 11.4 Å². The van der Waals surface area contributed by atoms with Gasteiger partial charge in [0.05, 0.1) is 0 Å². The van der Waals surface area contributed by atoms with Crippen molar-refractivity contribution in [2.45, 2.75) is 12.8 Å². The van der Waals surface area contributed by atoms with Gasteiger partial charge in [0, 0.05) is 55.3 Å². The van der Waals surface area contributed by atoms with Crippen LogP contribution >= 0.6 is 11.6 Å². The molecular weight excluding hydrogens is 395 g/mol. The fourth-order valence-corrected chi connectivity index (χ4v) is 3.44. The van der Waals surface area contributed by atoms with Crippen LogP contribution in [0.1, 0.15) is 12.3 Å². The molecule has 2 heterocycles. The van der Waals surface area contributed by atoms with Crippen LogP contribution < -0.4 is 4.90 Å². The molecule has 29 heavy (non-hydrogen) atoms. The Kier molecular flexibility index (Phi) is 5.76. The Balaban J connectivity index is 1.27. The number of hydrogen-bond donors (Lipinski definition) is 0. The number of anilines is 1. The van der Waals surface area contributed by atoms with Gasteiger partial charge in [0.25, 0.3) is 0 Å². The second-order valence-corrected chi connectivity index (χ2v) is 7.30. The summed E-state index contributed by atoms with van der Waals surface area (Å²) < 4.78 is 18.3. The van der Waals surface area contributed by atoms with E-state index in [0.717, 1.165) is 24.3 Å². The fourth-order valence-electron chi connectivity index (χ4n) is 3.31. The molecule has 0 unspecified atom stereocenters. The molecule has 8 heteroatoms. The van der Waals surface area contributed by atoms with Gasteiger partial charge in [0.1, 0.15) is 5.82 Å². The van der Waals surface area contributed by atoms with Crippen LogP contribution in [0.15, 0.2) is 53.1 Å². The van der Waals surface area contributed by atoms with E-state index >= 15 is 0 Å². The van der Waals surface area contributed by atoms with Gasteiger partial charge in [0.15, 0.2) is 0 Å². The molecule has 1 amide bonds. The molecule has 0 radical (unpaired) electrons. The molecule has 1 fully saturated rings. The van der Waals surface area contributed by atoms with Gasteiger partial charge in [-0.15, -0.1) is 0 Å². The zero-order chi connectivity index (χ0) is 20.2. The lowest BCUT2D eigenvalue weighted by Crippen LogP contribution is -2.48. The van der Waals surface area contributed by atoms with Crippen molar-refractivity contribution < 1.29 is 13.7 Å². The zero-order valence-corrected chi connectivity index (χ0v) is 16.5. The number of carbonyl (C=O) groups is 1. The highest BCUT2D eigenvalue weighted by Crippen LogP contribution is 2.20. The molecule has 150 valence electrons. The minimum Gasteiger partial charge on any atom is -0.368 e. The molecular formula is C21H20ClFN4O2. The van der Waals surface area contributed by atoms with Crippen molar-refractivity contribution in [3.05, 3.63) is 65.3 Å².